The molecule has 2 rings (SSSR count). The molecule has 2 atom stereocenters. The van der Waals surface area contributed by atoms with E-state index in [2.05, 4.69) is 0 Å². The first kappa shape index (κ1) is 14.3. The average Bonchev–Trinajstić information content (AvgIpc) is 2.31. The maximum Gasteiger partial charge on any atom is 0.415 e. The molecule has 0 radical (unpaired) electrons. The predicted molar refractivity (Wildman–Crippen MR) is 64.6 cm³/mol. The second-order valence-corrected chi connectivity index (χ2v) is 5.24. The lowest BCUT2D eigenvalue weighted by Crippen LogP contribution is -2.52. The smallest absolute Gasteiger partial charge is 0.350 e. The summed E-state index contributed by atoms with van der Waals surface area (Å²) in [6.07, 6.45) is -5.86. The van der Waals surface area contributed by atoms with Gasteiger partial charge in [-0.25, -0.2) is 0 Å². The van der Waals surface area contributed by atoms with E-state index in [1.165, 1.54) is 13.8 Å². The molecule has 106 valence electrons. The summed E-state index contributed by atoms with van der Waals surface area (Å²) in [5.74, 6) is -1.90. The molecule has 1 fully saturated rings. The van der Waals surface area contributed by atoms with Gasteiger partial charge in [0.2, 0.25) is 0 Å². The zero-order valence-electron chi connectivity index (χ0n) is 10.9. The molecule has 0 saturated carbocycles. The van der Waals surface area contributed by atoms with Crippen LogP contribution in [-0.2, 0) is 15.9 Å². The highest BCUT2D eigenvalue weighted by atomic mass is 19.4. The average molecular weight is 274 g/mol. The molecule has 0 unspecified atom stereocenters. The van der Waals surface area contributed by atoms with Crippen molar-refractivity contribution in [1.29, 1.82) is 0 Å². The third-order valence-corrected chi connectivity index (χ3v) is 3.15. The molecule has 2 nitrogen and oxygen atoms in total. The lowest BCUT2D eigenvalue weighted by atomic mass is 9.93. The Morgan fingerprint density at radius 1 is 1.21 bits per heavy atom. The predicted octanol–water partition coefficient (Wildman–Crippen LogP) is 3.56. The Morgan fingerprint density at radius 2 is 1.84 bits per heavy atom. The van der Waals surface area contributed by atoms with Crippen molar-refractivity contribution >= 4 is 0 Å². The minimum atomic E-state index is -4.37. The molecule has 5 heteroatoms. The fraction of sp³-hybridized carbons (Fsp3) is 0.571. The van der Waals surface area contributed by atoms with Crippen LogP contribution < -0.4 is 0 Å². The molecule has 1 aromatic rings. The summed E-state index contributed by atoms with van der Waals surface area (Å²) >= 11 is 0. The van der Waals surface area contributed by atoms with E-state index < -0.39 is 24.0 Å². The van der Waals surface area contributed by atoms with Crippen molar-refractivity contribution in [2.45, 2.75) is 38.3 Å². The van der Waals surface area contributed by atoms with Gasteiger partial charge >= 0.3 is 6.18 Å². The first-order valence-corrected chi connectivity index (χ1v) is 6.20. The van der Waals surface area contributed by atoms with Gasteiger partial charge in [0.1, 0.15) is 0 Å². The molecule has 19 heavy (non-hydrogen) atoms. The number of hydrogen-bond donors (Lipinski definition) is 0. The zero-order chi connectivity index (χ0) is 14.1. The Hall–Kier alpha value is -1.07. The second-order valence-electron chi connectivity index (χ2n) is 5.24. The Morgan fingerprint density at radius 3 is 2.42 bits per heavy atom. The molecule has 1 aliphatic heterocycles. The summed E-state index contributed by atoms with van der Waals surface area (Å²) in [5.41, 5.74) is 0.855. The van der Waals surface area contributed by atoms with E-state index in [1.54, 1.807) is 0 Å². The molecule has 1 heterocycles. The Bertz CT molecular complexity index is 414. The topological polar surface area (TPSA) is 18.5 Å². The van der Waals surface area contributed by atoms with Crippen LogP contribution in [0.4, 0.5) is 13.2 Å². The van der Waals surface area contributed by atoms with Crippen molar-refractivity contribution in [2.24, 2.45) is 5.92 Å². The maximum atomic E-state index is 13.1. The highest BCUT2D eigenvalue weighted by Crippen LogP contribution is 2.37. The molecular formula is C14H17F3O2. The lowest BCUT2D eigenvalue weighted by molar-refractivity contribution is -0.355. The largest absolute Gasteiger partial charge is 0.415 e. The quantitative estimate of drug-likeness (QED) is 0.821. The normalized spacial score (nSPS) is 27.2. The molecule has 0 aromatic heterocycles. The van der Waals surface area contributed by atoms with Crippen LogP contribution in [0.3, 0.4) is 0 Å². The van der Waals surface area contributed by atoms with E-state index in [9.17, 15) is 13.2 Å². The van der Waals surface area contributed by atoms with Crippen LogP contribution in [0, 0.1) is 5.92 Å². The minimum Gasteiger partial charge on any atom is -0.350 e. The van der Waals surface area contributed by atoms with E-state index in [1.807, 2.05) is 30.3 Å². The Labute approximate surface area is 110 Å². The van der Waals surface area contributed by atoms with Gasteiger partial charge in [-0.05, 0) is 25.8 Å². The number of ether oxygens (including phenoxy) is 2. The van der Waals surface area contributed by atoms with Crippen LogP contribution in [0.25, 0.3) is 0 Å². The molecule has 1 saturated heterocycles. The third kappa shape index (κ3) is 3.70. The zero-order valence-corrected chi connectivity index (χ0v) is 10.9. The highest BCUT2D eigenvalue weighted by Gasteiger charge is 2.51. The molecular weight excluding hydrogens is 257 g/mol. The maximum absolute atomic E-state index is 13.1. The van der Waals surface area contributed by atoms with Crippen LogP contribution >= 0.6 is 0 Å². The number of benzene rings is 1. The summed E-state index contributed by atoms with van der Waals surface area (Å²) in [5, 5.41) is 0. The van der Waals surface area contributed by atoms with Gasteiger partial charge in [0, 0.05) is 5.92 Å². The van der Waals surface area contributed by atoms with Crippen molar-refractivity contribution in [3.8, 4) is 0 Å². The lowest BCUT2D eigenvalue weighted by Gasteiger charge is -2.41. The van der Waals surface area contributed by atoms with Gasteiger partial charge in [-0.3, -0.25) is 0 Å². The highest BCUT2D eigenvalue weighted by molar-refractivity contribution is 5.15. The number of rotatable bonds is 2. The molecule has 0 spiro atoms. The fourth-order valence-electron chi connectivity index (χ4n) is 2.25. The van der Waals surface area contributed by atoms with Crippen molar-refractivity contribution in [3.63, 3.8) is 0 Å². The summed E-state index contributed by atoms with van der Waals surface area (Å²) < 4.78 is 49.6. The Kier molecular flexibility index (Phi) is 3.87. The van der Waals surface area contributed by atoms with Crippen molar-refractivity contribution < 1.29 is 22.6 Å². The summed E-state index contributed by atoms with van der Waals surface area (Å²) in [6, 6.07) is 9.08. The summed E-state index contributed by atoms with van der Waals surface area (Å²) in [7, 11) is 0. The van der Waals surface area contributed by atoms with Gasteiger partial charge in [0.15, 0.2) is 11.9 Å². The van der Waals surface area contributed by atoms with Gasteiger partial charge in [0.25, 0.3) is 0 Å². The van der Waals surface area contributed by atoms with Gasteiger partial charge in [-0.15, -0.1) is 0 Å². The van der Waals surface area contributed by atoms with Gasteiger partial charge < -0.3 is 9.47 Å². The van der Waals surface area contributed by atoms with Gasteiger partial charge in [-0.1, -0.05) is 30.3 Å². The monoisotopic (exact) mass is 274 g/mol. The van der Waals surface area contributed by atoms with Crippen LogP contribution in [0.2, 0.25) is 0 Å². The summed E-state index contributed by atoms with van der Waals surface area (Å²) in [6.45, 7) is 3.06. The van der Waals surface area contributed by atoms with Gasteiger partial charge in [0.05, 0.1) is 6.61 Å². The third-order valence-electron chi connectivity index (χ3n) is 3.15. The first-order chi connectivity index (χ1) is 8.78. The van der Waals surface area contributed by atoms with Crippen molar-refractivity contribution in [2.75, 3.05) is 6.61 Å². The fourth-order valence-corrected chi connectivity index (χ4v) is 2.25. The van der Waals surface area contributed by atoms with E-state index in [0.717, 1.165) is 5.56 Å². The van der Waals surface area contributed by atoms with E-state index in [4.69, 9.17) is 9.47 Å². The van der Waals surface area contributed by atoms with E-state index in [0.29, 0.717) is 6.42 Å². The van der Waals surface area contributed by atoms with E-state index in [-0.39, 0.29) is 6.61 Å². The summed E-state index contributed by atoms with van der Waals surface area (Å²) in [4.78, 5) is 0. The van der Waals surface area contributed by atoms with Crippen LogP contribution in [0.5, 0.6) is 0 Å². The molecule has 0 amide bonds. The number of alkyl halides is 3. The van der Waals surface area contributed by atoms with Crippen LogP contribution in [0.1, 0.15) is 19.4 Å². The van der Waals surface area contributed by atoms with Crippen molar-refractivity contribution in [3.05, 3.63) is 35.9 Å². The molecule has 0 aliphatic carbocycles. The molecule has 1 aliphatic rings. The Balaban J connectivity index is 2.14. The second kappa shape index (κ2) is 5.13. The molecule has 1 aromatic carbocycles. The molecule has 0 N–H and O–H groups in total. The first-order valence-electron chi connectivity index (χ1n) is 6.20. The van der Waals surface area contributed by atoms with Gasteiger partial charge in [-0.2, -0.15) is 13.2 Å². The van der Waals surface area contributed by atoms with Crippen molar-refractivity contribution in [1.82, 2.24) is 0 Å². The van der Waals surface area contributed by atoms with Crippen LogP contribution in [-0.4, -0.2) is 24.7 Å². The molecule has 0 bridgehead atoms. The standard InChI is InChI=1S/C14H17F3O2/c1-13(2)18-9-11(12(19-13)14(15,16)17)8-10-6-4-3-5-7-10/h3-7,11-12H,8-9H2,1-2H3/t11-,12+/m1/s1. The number of halogens is 3. The number of hydrogen-bond acceptors (Lipinski definition) is 2. The SMILES string of the molecule is CC1(C)OC[C@@H](Cc2ccccc2)[C@@H](C(F)(F)F)O1. The van der Waals surface area contributed by atoms with Crippen LogP contribution in [0.15, 0.2) is 30.3 Å². The minimum absolute atomic E-state index is 0.0477. The van der Waals surface area contributed by atoms with E-state index >= 15 is 0 Å².